The van der Waals surface area contributed by atoms with E-state index in [1.807, 2.05) is 0 Å². The first kappa shape index (κ1) is 10.9. The van der Waals surface area contributed by atoms with E-state index in [1.165, 1.54) is 14.2 Å². The Morgan fingerprint density at radius 3 is 2.62 bits per heavy atom. The second-order valence-corrected chi connectivity index (χ2v) is 3.08. The molecule has 1 aliphatic heterocycles. The van der Waals surface area contributed by atoms with E-state index in [1.54, 1.807) is 0 Å². The minimum atomic E-state index is -0.881. The van der Waals surface area contributed by atoms with Gasteiger partial charge in [0.05, 0.1) is 12.7 Å². The van der Waals surface area contributed by atoms with Crippen LogP contribution in [0, 0.1) is 0 Å². The number of methoxy groups -OCH3 is 2. The minimum Gasteiger partial charge on any atom is -0.388 e. The van der Waals surface area contributed by atoms with Crippen molar-refractivity contribution < 1.29 is 24.4 Å². The zero-order valence-electron chi connectivity index (χ0n) is 7.84. The highest BCUT2D eigenvalue weighted by atomic mass is 16.6. The van der Waals surface area contributed by atoms with Gasteiger partial charge >= 0.3 is 0 Å². The fraction of sp³-hybridized carbons (Fsp3) is 1.00. The zero-order valence-corrected chi connectivity index (χ0v) is 7.84. The van der Waals surface area contributed by atoms with Gasteiger partial charge in [-0.25, -0.2) is 0 Å². The molecule has 2 unspecified atom stereocenters. The first-order chi connectivity index (χ1) is 6.19. The van der Waals surface area contributed by atoms with Crippen molar-refractivity contribution >= 4 is 0 Å². The van der Waals surface area contributed by atoms with Crippen LogP contribution in [0.25, 0.3) is 0 Å². The maximum Gasteiger partial charge on any atom is 0.157 e. The van der Waals surface area contributed by atoms with Crippen molar-refractivity contribution in [3.63, 3.8) is 0 Å². The lowest BCUT2D eigenvalue weighted by Gasteiger charge is -2.36. The van der Waals surface area contributed by atoms with Gasteiger partial charge in [0.2, 0.25) is 0 Å². The van der Waals surface area contributed by atoms with Gasteiger partial charge in [-0.3, -0.25) is 0 Å². The van der Waals surface area contributed by atoms with Gasteiger partial charge in [0.1, 0.15) is 12.2 Å². The summed E-state index contributed by atoms with van der Waals surface area (Å²) in [5.41, 5.74) is 0. The number of aliphatic hydroxyl groups is 2. The third kappa shape index (κ3) is 2.62. The molecule has 1 rings (SSSR count). The molecule has 4 atom stereocenters. The number of ether oxygens (including phenoxy) is 3. The van der Waals surface area contributed by atoms with Crippen molar-refractivity contribution in [3.8, 4) is 0 Å². The summed E-state index contributed by atoms with van der Waals surface area (Å²) in [5.74, 6) is 0. The summed E-state index contributed by atoms with van der Waals surface area (Å²) in [5, 5.41) is 18.9. The molecule has 0 amide bonds. The van der Waals surface area contributed by atoms with E-state index in [2.05, 4.69) is 0 Å². The molecule has 0 radical (unpaired) electrons. The van der Waals surface area contributed by atoms with Crippen LogP contribution >= 0.6 is 0 Å². The first-order valence-corrected chi connectivity index (χ1v) is 4.22. The monoisotopic (exact) mass is 192 g/mol. The average Bonchev–Trinajstić information content (AvgIpc) is 2.11. The Balaban J connectivity index is 2.52. The molecular weight excluding hydrogens is 176 g/mol. The van der Waals surface area contributed by atoms with E-state index < -0.39 is 18.5 Å². The van der Waals surface area contributed by atoms with Crippen molar-refractivity contribution in [2.45, 2.75) is 31.0 Å². The number of hydrogen-bond acceptors (Lipinski definition) is 5. The summed E-state index contributed by atoms with van der Waals surface area (Å²) < 4.78 is 14.9. The Kier molecular flexibility index (Phi) is 4.08. The molecule has 0 spiro atoms. The maximum atomic E-state index is 9.64. The molecule has 5 heteroatoms. The molecule has 0 bridgehead atoms. The Morgan fingerprint density at radius 2 is 2.08 bits per heavy atom. The van der Waals surface area contributed by atoms with Gasteiger partial charge in [0, 0.05) is 20.6 Å². The molecule has 78 valence electrons. The Bertz CT molecular complexity index is 151. The standard InChI is InChI=1S/C8H16O5/c1-11-4-6-8(10)5(12-2)3-7(9)13-6/h5-10H,3-4H2,1-2H3/t5?,6?,7-,8-/m0/s1. The van der Waals surface area contributed by atoms with Gasteiger partial charge in [-0.2, -0.15) is 0 Å². The second kappa shape index (κ2) is 4.88. The molecule has 0 aliphatic carbocycles. The van der Waals surface area contributed by atoms with E-state index in [4.69, 9.17) is 14.2 Å². The highest BCUT2D eigenvalue weighted by molar-refractivity contribution is 4.83. The summed E-state index contributed by atoms with van der Waals surface area (Å²) in [6.07, 6.45) is -2.23. The highest BCUT2D eigenvalue weighted by Crippen LogP contribution is 2.21. The molecule has 1 aliphatic rings. The van der Waals surface area contributed by atoms with Gasteiger partial charge in [-0.1, -0.05) is 0 Å². The van der Waals surface area contributed by atoms with Crippen LogP contribution in [0.1, 0.15) is 6.42 Å². The molecule has 0 aromatic rings. The summed E-state index contributed by atoms with van der Waals surface area (Å²) >= 11 is 0. The predicted molar refractivity (Wildman–Crippen MR) is 44.2 cm³/mol. The zero-order chi connectivity index (χ0) is 9.84. The van der Waals surface area contributed by atoms with Gasteiger partial charge < -0.3 is 24.4 Å². The van der Waals surface area contributed by atoms with Gasteiger partial charge in [0.25, 0.3) is 0 Å². The molecule has 0 saturated carbocycles. The van der Waals surface area contributed by atoms with Crippen molar-refractivity contribution in [1.82, 2.24) is 0 Å². The third-order valence-corrected chi connectivity index (χ3v) is 2.16. The predicted octanol–water partition coefficient (Wildman–Crippen LogP) is -0.884. The summed E-state index contributed by atoms with van der Waals surface area (Å²) in [6.45, 7) is 0.248. The summed E-state index contributed by atoms with van der Waals surface area (Å²) in [6, 6.07) is 0. The van der Waals surface area contributed by atoms with Crippen molar-refractivity contribution in [2.75, 3.05) is 20.8 Å². The van der Waals surface area contributed by atoms with Crippen LogP contribution in [0.3, 0.4) is 0 Å². The summed E-state index contributed by atoms with van der Waals surface area (Å²) in [7, 11) is 3.01. The number of hydrogen-bond donors (Lipinski definition) is 2. The molecular formula is C8H16O5. The van der Waals surface area contributed by atoms with Crippen LogP contribution in [0.5, 0.6) is 0 Å². The Hall–Kier alpha value is -0.200. The molecule has 13 heavy (non-hydrogen) atoms. The van der Waals surface area contributed by atoms with E-state index in [9.17, 15) is 10.2 Å². The molecule has 5 nitrogen and oxygen atoms in total. The fourth-order valence-corrected chi connectivity index (χ4v) is 1.45. The quantitative estimate of drug-likeness (QED) is 0.607. The van der Waals surface area contributed by atoms with Crippen LogP contribution in [0.15, 0.2) is 0 Å². The van der Waals surface area contributed by atoms with E-state index >= 15 is 0 Å². The topological polar surface area (TPSA) is 68.2 Å². The van der Waals surface area contributed by atoms with E-state index in [0.717, 1.165) is 0 Å². The SMILES string of the molecule is COCC1O[C@H](O)CC(OC)[C@@H]1O. The molecule has 1 saturated heterocycles. The van der Waals surface area contributed by atoms with Gasteiger partial charge in [-0.15, -0.1) is 0 Å². The van der Waals surface area contributed by atoms with Crippen LogP contribution < -0.4 is 0 Å². The lowest BCUT2D eigenvalue weighted by Crippen LogP contribution is -2.50. The Labute approximate surface area is 77.2 Å². The smallest absolute Gasteiger partial charge is 0.157 e. The van der Waals surface area contributed by atoms with E-state index in [0.29, 0.717) is 0 Å². The third-order valence-electron chi connectivity index (χ3n) is 2.16. The molecule has 2 N–H and O–H groups in total. The molecule has 0 aromatic heterocycles. The lowest BCUT2D eigenvalue weighted by molar-refractivity contribution is -0.245. The first-order valence-electron chi connectivity index (χ1n) is 4.22. The van der Waals surface area contributed by atoms with Gasteiger partial charge in [0.15, 0.2) is 6.29 Å². The van der Waals surface area contributed by atoms with Crippen LogP contribution in [-0.4, -0.2) is 55.6 Å². The molecule has 0 aromatic carbocycles. The average molecular weight is 192 g/mol. The van der Waals surface area contributed by atoms with Crippen LogP contribution in [0.2, 0.25) is 0 Å². The minimum absolute atomic E-state index is 0.248. The fourth-order valence-electron chi connectivity index (χ4n) is 1.45. The second-order valence-electron chi connectivity index (χ2n) is 3.08. The number of rotatable bonds is 3. The summed E-state index contributed by atoms with van der Waals surface area (Å²) in [4.78, 5) is 0. The Morgan fingerprint density at radius 1 is 1.38 bits per heavy atom. The molecule has 1 heterocycles. The number of aliphatic hydroxyl groups excluding tert-OH is 2. The van der Waals surface area contributed by atoms with Crippen LogP contribution in [0.4, 0.5) is 0 Å². The largest absolute Gasteiger partial charge is 0.388 e. The van der Waals surface area contributed by atoms with Crippen molar-refractivity contribution in [3.05, 3.63) is 0 Å². The van der Waals surface area contributed by atoms with Crippen molar-refractivity contribution in [1.29, 1.82) is 0 Å². The van der Waals surface area contributed by atoms with Gasteiger partial charge in [-0.05, 0) is 0 Å². The van der Waals surface area contributed by atoms with Crippen molar-refractivity contribution in [2.24, 2.45) is 0 Å². The highest BCUT2D eigenvalue weighted by Gasteiger charge is 2.36. The van der Waals surface area contributed by atoms with Crippen LogP contribution in [-0.2, 0) is 14.2 Å². The molecule has 1 fully saturated rings. The maximum absolute atomic E-state index is 9.64. The lowest BCUT2D eigenvalue weighted by atomic mass is 10.0. The van der Waals surface area contributed by atoms with E-state index in [-0.39, 0.29) is 19.1 Å². The normalized spacial score (nSPS) is 40.6.